The first-order valence-electron chi connectivity index (χ1n) is 8.86. The highest BCUT2D eigenvalue weighted by Gasteiger charge is 2.08. The number of nitrogens with zero attached hydrogens (tertiary/aromatic N) is 2. The lowest BCUT2D eigenvalue weighted by molar-refractivity contribution is 0.198. The van der Waals surface area contributed by atoms with Crippen LogP contribution in [0.15, 0.2) is 54.6 Å². The normalized spacial score (nSPS) is 10.6. The summed E-state index contributed by atoms with van der Waals surface area (Å²) in [5, 5.41) is 7.36. The van der Waals surface area contributed by atoms with Crippen LogP contribution in [0.2, 0.25) is 5.02 Å². The van der Waals surface area contributed by atoms with E-state index in [-0.39, 0.29) is 0 Å². The number of nitrogens with one attached hydrogen (secondary N) is 2. The molecule has 5 nitrogen and oxygen atoms in total. The molecule has 0 aliphatic rings. The summed E-state index contributed by atoms with van der Waals surface area (Å²) in [5.41, 5.74) is 3.85. The lowest BCUT2D eigenvalue weighted by atomic mass is 10.1. The molecule has 0 amide bonds. The molecule has 140 valence electrons. The van der Waals surface area contributed by atoms with Gasteiger partial charge >= 0.3 is 0 Å². The quantitative estimate of drug-likeness (QED) is 0.518. The van der Waals surface area contributed by atoms with Crippen LogP contribution in [0.3, 0.4) is 0 Å². The van der Waals surface area contributed by atoms with Gasteiger partial charge < -0.3 is 15.4 Å². The Labute approximate surface area is 164 Å². The first kappa shape index (κ1) is 19.1. The van der Waals surface area contributed by atoms with Crippen LogP contribution in [0.4, 0.5) is 17.5 Å². The number of benzene rings is 2. The van der Waals surface area contributed by atoms with Crippen molar-refractivity contribution in [2.24, 2.45) is 0 Å². The number of anilines is 3. The zero-order valence-corrected chi connectivity index (χ0v) is 16.3. The maximum absolute atomic E-state index is 6.05. The lowest BCUT2D eigenvalue weighted by Crippen LogP contribution is -2.08. The van der Waals surface area contributed by atoms with Crippen molar-refractivity contribution in [3.63, 3.8) is 0 Å². The van der Waals surface area contributed by atoms with Crippen LogP contribution in [-0.2, 0) is 4.74 Å². The fraction of sp³-hybridized carbons (Fsp3) is 0.238. The number of hydrogen-bond donors (Lipinski definition) is 2. The first-order chi connectivity index (χ1) is 13.2. The third kappa shape index (κ3) is 5.42. The molecule has 1 aromatic heterocycles. The van der Waals surface area contributed by atoms with Crippen LogP contribution in [0.25, 0.3) is 11.3 Å². The number of aryl methyl sites for hydroxylation is 1. The number of halogens is 1. The average molecular weight is 383 g/mol. The van der Waals surface area contributed by atoms with Gasteiger partial charge in [-0.3, -0.25) is 0 Å². The topological polar surface area (TPSA) is 59.1 Å². The summed E-state index contributed by atoms with van der Waals surface area (Å²) in [6, 6.07) is 17.7. The maximum atomic E-state index is 6.05. The van der Waals surface area contributed by atoms with Crippen molar-refractivity contribution in [3.8, 4) is 11.3 Å². The third-order valence-electron chi connectivity index (χ3n) is 4.06. The Balaban J connectivity index is 1.89. The second-order valence-corrected chi connectivity index (χ2v) is 6.62. The highest BCUT2D eigenvalue weighted by molar-refractivity contribution is 6.30. The fourth-order valence-electron chi connectivity index (χ4n) is 2.67. The van der Waals surface area contributed by atoms with Crippen molar-refractivity contribution >= 4 is 29.1 Å². The maximum Gasteiger partial charge on any atom is 0.229 e. The molecular weight excluding hydrogens is 360 g/mol. The van der Waals surface area contributed by atoms with Crippen LogP contribution in [0.5, 0.6) is 0 Å². The van der Waals surface area contributed by atoms with E-state index < -0.39 is 0 Å². The molecule has 6 heteroatoms. The van der Waals surface area contributed by atoms with E-state index >= 15 is 0 Å². The van der Waals surface area contributed by atoms with Gasteiger partial charge in [-0.15, -0.1) is 0 Å². The molecule has 1 heterocycles. The van der Waals surface area contributed by atoms with Crippen molar-refractivity contribution in [3.05, 3.63) is 65.2 Å². The summed E-state index contributed by atoms with van der Waals surface area (Å²) >= 11 is 6.05. The van der Waals surface area contributed by atoms with Crippen molar-refractivity contribution in [2.75, 3.05) is 30.9 Å². The number of aromatic nitrogens is 2. The van der Waals surface area contributed by atoms with Gasteiger partial charge in [-0.05, 0) is 37.1 Å². The van der Waals surface area contributed by atoms with E-state index in [2.05, 4.69) is 20.6 Å². The zero-order chi connectivity index (χ0) is 19.1. The molecule has 0 atom stereocenters. The summed E-state index contributed by atoms with van der Waals surface area (Å²) in [6.07, 6.45) is 0.903. The Morgan fingerprint density at radius 2 is 1.85 bits per heavy atom. The highest BCUT2D eigenvalue weighted by atomic mass is 35.5. The Morgan fingerprint density at radius 1 is 1.04 bits per heavy atom. The molecule has 3 aromatic rings. The lowest BCUT2D eigenvalue weighted by Gasteiger charge is -2.13. The van der Waals surface area contributed by atoms with Crippen molar-refractivity contribution in [1.29, 1.82) is 0 Å². The number of hydrogen-bond acceptors (Lipinski definition) is 5. The van der Waals surface area contributed by atoms with E-state index in [0.717, 1.165) is 41.3 Å². The molecule has 0 spiro atoms. The standard InChI is InChI=1S/C21H23ClN4O/c1-15-13-17(22)9-10-18(15)24-21-25-19(16-7-4-3-5-8-16)14-20(26-21)23-11-6-12-27-2/h3-5,7-10,13-14H,6,11-12H2,1-2H3,(H2,23,24,25,26). The van der Waals surface area contributed by atoms with Gasteiger partial charge in [-0.25, -0.2) is 4.98 Å². The van der Waals surface area contributed by atoms with Crippen molar-refractivity contribution in [2.45, 2.75) is 13.3 Å². The van der Waals surface area contributed by atoms with E-state index in [1.807, 2.05) is 61.5 Å². The number of ether oxygens (including phenoxy) is 1. The minimum Gasteiger partial charge on any atom is -0.385 e. The van der Waals surface area contributed by atoms with Gasteiger partial charge in [-0.2, -0.15) is 4.98 Å². The molecule has 0 unspecified atom stereocenters. The number of methoxy groups -OCH3 is 1. The summed E-state index contributed by atoms with van der Waals surface area (Å²) in [6.45, 7) is 3.48. The molecule has 0 bridgehead atoms. The van der Waals surface area contributed by atoms with Crippen LogP contribution in [0, 0.1) is 6.92 Å². The fourth-order valence-corrected chi connectivity index (χ4v) is 2.90. The van der Waals surface area contributed by atoms with E-state index in [0.29, 0.717) is 17.6 Å². The molecule has 2 aromatic carbocycles. The highest BCUT2D eigenvalue weighted by Crippen LogP contribution is 2.25. The average Bonchev–Trinajstić information content (AvgIpc) is 2.68. The Morgan fingerprint density at radius 3 is 2.59 bits per heavy atom. The summed E-state index contributed by atoms with van der Waals surface area (Å²) < 4.78 is 5.10. The molecule has 2 N–H and O–H groups in total. The second kappa shape index (κ2) is 9.35. The molecule has 0 saturated heterocycles. The van der Waals surface area contributed by atoms with Crippen LogP contribution >= 0.6 is 11.6 Å². The van der Waals surface area contributed by atoms with Gasteiger partial charge in [0.1, 0.15) is 5.82 Å². The van der Waals surface area contributed by atoms with Gasteiger partial charge in [0.15, 0.2) is 0 Å². The van der Waals surface area contributed by atoms with E-state index in [1.165, 1.54) is 0 Å². The summed E-state index contributed by atoms with van der Waals surface area (Å²) in [4.78, 5) is 9.30. The summed E-state index contributed by atoms with van der Waals surface area (Å²) in [7, 11) is 1.70. The zero-order valence-electron chi connectivity index (χ0n) is 15.5. The van der Waals surface area contributed by atoms with Crippen LogP contribution < -0.4 is 10.6 Å². The van der Waals surface area contributed by atoms with Crippen LogP contribution in [0.1, 0.15) is 12.0 Å². The Bertz CT molecular complexity index is 887. The largest absolute Gasteiger partial charge is 0.385 e. The van der Waals surface area contributed by atoms with Gasteiger partial charge in [0, 0.05) is 42.6 Å². The monoisotopic (exact) mass is 382 g/mol. The van der Waals surface area contributed by atoms with E-state index in [9.17, 15) is 0 Å². The summed E-state index contributed by atoms with van der Waals surface area (Å²) in [5.74, 6) is 1.31. The van der Waals surface area contributed by atoms with Gasteiger partial charge in [0.2, 0.25) is 5.95 Å². The predicted octanol–water partition coefficient (Wildman–Crippen LogP) is 5.30. The molecule has 0 aliphatic heterocycles. The van der Waals surface area contributed by atoms with Gasteiger partial charge in [0.05, 0.1) is 5.69 Å². The molecule has 27 heavy (non-hydrogen) atoms. The molecule has 0 aliphatic carbocycles. The second-order valence-electron chi connectivity index (χ2n) is 6.19. The minimum absolute atomic E-state index is 0.538. The van der Waals surface area contributed by atoms with Gasteiger partial charge in [-0.1, -0.05) is 41.9 Å². The Kier molecular flexibility index (Phi) is 6.63. The molecule has 3 rings (SSSR count). The smallest absolute Gasteiger partial charge is 0.229 e. The molecular formula is C21H23ClN4O. The van der Waals surface area contributed by atoms with E-state index in [1.54, 1.807) is 7.11 Å². The molecule has 0 radical (unpaired) electrons. The third-order valence-corrected chi connectivity index (χ3v) is 4.30. The minimum atomic E-state index is 0.538. The van der Waals surface area contributed by atoms with Gasteiger partial charge in [0.25, 0.3) is 0 Å². The molecule has 0 fully saturated rings. The number of rotatable bonds is 8. The Hall–Kier alpha value is -2.63. The van der Waals surface area contributed by atoms with Crippen molar-refractivity contribution < 1.29 is 4.74 Å². The predicted molar refractivity (Wildman–Crippen MR) is 112 cm³/mol. The first-order valence-corrected chi connectivity index (χ1v) is 9.24. The van der Waals surface area contributed by atoms with Crippen LogP contribution in [-0.4, -0.2) is 30.2 Å². The van der Waals surface area contributed by atoms with Crippen molar-refractivity contribution in [1.82, 2.24) is 9.97 Å². The SMILES string of the molecule is COCCCNc1cc(-c2ccccc2)nc(Nc2ccc(Cl)cc2C)n1. The molecule has 0 saturated carbocycles. The van der Waals surface area contributed by atoms with E-state index in [4.69, 9.17) is 16.3 Å².